The van der Waals surface area contributed by atoms with Crippen molar-refractivity contribution in [3.63, 3.8) is 0 Å². The maximum atomic E-state index is 8.88. The van der Waals surface area contributed by atoms with Gasteiger partial charge in [0.2, 0.25) is 0 Å². The Balaban J connectivity index is 2.20. The second kappa shape index (κ2) is 6.75. The molecular formula is C15H11Br3N2. The van der Waals surface area contributed by atoms with Crippen LogP contribution >= 0.6 is 47.8 Å². The highest BCUT2D eigenvalue weighted by molar-refractivity contribution is 9.11. The molecule has 2 aromatic rings. The van der Waals surface area contributed by atoms with Crippen molar-refractivity contribution >= 4 is 53.5 Å². The number of rotatable bonds is 3. The van der Waals surface area contributed by atoms with Gasteiger partial charge in [-0.15, -0.1) is 0 Å². The number of nitrogens with one attached hydrogen (secondary N) is 1. The molecule has 2 nitrogen and oxygen atoms in total. The lowest BCUT2D eigenvalue weighted by Gasteiger charge is -2.13. The van der Waals surface area contributed by atoms with Gasteiger partial charge in [-0.05, 0) is 74.2 Å². The van der Waals surface area contributed by atoms with Crippen LogP contribution in [-0.4, -0.2) is 0 Å². The summed E-state index contributed by atoms with van der Waals surface area (Å²) in [5, 5.41) is 12.3. The van der Waals surface area contributed by atoms with E-state index in [9.17, 15) is 0 Å². The molecule has 0 aromatic heterocycles. The van der Waals surface area contributed by atoms with Gasteiger partial charge in [0, 0.05) is 20.0 Å². The average Bonchev–Trinajstić information content (AvgIpc) is 2.39. The summed E-state index contributed by atoms with van der Waals surface area (Å²) in [5.41, 5.74) is 3.99. The highest BCUT2D eigenvalue weighted by Crippen LogP contribution is 2.34. The molecule has 2 aromatic carbocycles. The Morgan fingerprint density at radius 1 is 1.10 bits per heavy atom. The van der Waals surface area contributed by atoms with E-state index in [4.69, 9.17) is 5.26 Å². The maximum Gasteiger partial charge on any atom is 0.0991 e. The Morgan fingerprint density at radius 3 is 2.30 bits per heavy atom. The highest BCUT2D eigenvalue weighted by Gasteiger charge is 2.07. The van der Waals surface area contributed by atoms with Gasteiger partial charge in [0.25, 0.3) is 0 Å². The molecule has 5 heteroatoms. The van der Waals surface area contributed by atoms with E-state index in [1.165, 1.54) is 5.56 Å². The predicted octanol–water partition coefficient (Wildman–Crippen LogP) is 5.77. The minimum atomic E-state index is 0.692. The summed E-state index contributed by atoms with van der Waals surface area (Å²) in [6, 6.07) is 11.9. The van der Waals surface area contributed by atoms with Crippen molar-refractivity contribution < 1.29 is 0 Å². The van der Waals surface area contributed by atoms with Crippen molar-refractivity contribution in [1.29, 1.82) is 5.26 Å². The molecule has 0 saturated heterocycles. The Morgan fingerprint density at radius 2 is 1.75 bits per heavy atom. The summed E-state index contributed by atoms with van der Waals surface area (Å²) >= 11 is 10.5. The van der Waals surface area contributed by atoms with Crippen molar-refractivity contribution in [1.82, 2.24) is 0 Å². The average molecular weight is 459 g/mol. The molecule has 0 fully saturated rings. The van der Waals surface area contributed by atoms with Crippen LogP contribution in [0.4, 0.5) is 5.69 Å². The topological polar surface area (TPSA) is 35.8 Å². The number of nitriles is 1. The number of aryl methyl sites for hydroxylation is 1. The molecule has 102 valence electrons. The van der Waals surface area contributed by atoms with Gasteiger partial charge in [-0.3, -0.25) is 0 Å². The lowest BCUT2D eigenvalue weighted by Crippen LogP contribution is -2.03. The number of halogens is 3. The summed E-state index contributed by atoms with van der Waals surface area (Å²) in [6.07, 6.45) is 0. The molecular weight excluding hydrogens is 448 g/mol. The highest BCUT2D eigenvalue weighted by atomic mass is 79.9. The fraction of sp³-hybridized carbons (Fsp3) is 0.133. The first kappa shape index (κ1) is 15.6. The summed E-state index contributed by atoms with van der Waals surface area (Å²) in [5.74, 6) is 0. The second-order valence-electron chi connectivity index (χ2n) is 4.35. The monoisotopic (exact) mass is 456 g/mol. The third kappa shape index (κ3) is 3.63. The van der Waals surface area contributed by atoms with Gasteiger partial charge in [-0.1, -0.05) is 22.0 Å². The van der Waals surface area contributed by atoms with Crippen LogP contribution in [0.3, 0.4) is 0 Å². The summed E-state index contributed by atoms with van der Waals surface area (Å²) < 4.78 is 2.99. The molecule has 20 heavy (non-hydrogen) atoms. The maximum absolute atomic E-state index is 8.88. The standard InChI is InChI=1S/C15H11Br3N2/c1-9-4-10(7-19)2-3-11(9)8-20-15-13(17)5-12(16)6-14(15)18/h2-6,20H,8H2,1H3. The Bertz CT molecular complexity index is 667. The molecule has 1 N–H and O–H groups in total. The Labute approximate surface area is 143 Å². The van der Waals surface area contributed by atoms with E-state index in [0.29, 0.717) is 12.1 Å². The third-order valence-corrected chi connectivity index (χ3v) is 4.64. The van der Waals surface area contributed by atoms with E-state index in [-0.39, 0.29) is 0 Å². The fourth-order valence-electron chi connectivity index (χ4n) is 1.86. The van der Waals surface area contributed by atoms with Gasteiger partial charge in [-0.2, -0.15) is 5.26 Å². The zero-order valence-electron chi connectivity index (χ0n) is 10.7. The molecule has 0 radical (unpaired) electrons. The summed E-state index contributed by atoms with van der Waals surface area (Å²) in [7, 11) is 0. The van der Waals surface area contributed by atoms with E-state index >= 15 is 0 Å². The number of hydrogen-bond donors (Lipinski definition) is 1. The van der Waals surface area contributed by atoms with Crippen molar-refractivity contribution in [3.8, 4) is 6.07 Å². The predicted molar refractivity (Wildman–Crippen MR) is 92.8 cm³/mol. The van der Waals surface area contributed by atoms with Gasteiger partial charge < -0.3 is 5.32 Å². The Hall–Kier alpha value is -0.830. The smallest absolute Gasteiger partial charge is 0.0991 e. The van der Waals surface area contributed by atoms with Gasteiger partial charge >= 0.3 is 0 Å². The molecule has 0 aliphatic rings. The van der Waals surface area contributed by atoms with Crippen LogP contribution in [0.25, 0.3) is 0 Å². The van der Waals surface area contributed by atoms with Gasteiger partial charge in [-0.25, -0.2) is 0 Å². The third-order valence-electron chi connectivity index (χ3n) is 2.93. The van der Waals surface area contributed by atoms with Crippen LogP contribution in [-0.2, 0) is 6.54 Å². The Kier molecular flexibility index (Phi) is 5.25. The van der Waals surface area contributed by atoms with E-state index < -0.39 is 0 Å². The zero-order chi connectivity index (χ0) is 14.7. The van der Waals surface area contributed by atoms with E-state index in [1.807, 2.05) is 37.3 Å². The van der Waals surface area contributed by atoms with Crippen LogP contribution in [0.2, 0.25) is 0 Å². The van der Waals surface area contributed by atoms with Crippen LogP contribution in [0.15, 0.2) is 43.7 Å². The molecule has 2 rings (SSSR count). The first-order chi connectivity index (χ1) is 9.51. The molecule has 0 unspecified atom stereocenters. The number of benzene rings is 2. The SMILES string of the molecule is Cc1cc(C#N)ccc1CNc1c(Br)cc(Br)cc1Br. The quantitative estimate of drug-likeness (QED) is 0.634. The van der Waals surface area contributed by atoms with Crippen molar-refractivity contribution in [2.24, 2.45) is 0 Å². The van der Waals surface area contributed by atoms with Crippen molar-refractivity contribution in [2.75, 3.05) is 5.32 Å². The van der Waals surface area contributed by atoms with E-state index in [2.05, 4.69) is 59.2 Å². The van der Waals surface area contributed by atoms with Gasteiger partial charge in [0.05, 0.1) is 17.3 Å². The molecule has 0 spiro atoms. The molecule has 0 amide bonds. The van der Waals surface area contributed by atoms with Gasteiger partial charge in [0.1, 0.15) is 0 Å². The number of hydrogen-bond acceptors (Lipinski definition) is 2. The summed E-state index contributed by atoms with van der Waals surface area (Å²) in [4.78, 5) is 0. The largest absolute Gasteiger partial charge is 0.379 e. The van der Waals surface area contributed by atoms with E-state index in [1.54, 1.807) is 0 Å². The number of anilines is 1. The van der Waals surface area contributed by atoms with E-state index in [0.717, 1.165) is 24.7 Å². The van der Waals surface area contributed by atoms with Crippen LogP contribution in [0.5, 0.6) is 0 Å². The molecule has 0 aliphatic carbocycles. The normalized spacial score (nSPS) is 10.2. The zero-order valence-corrected chi connectivity index (χ0v) is 15.4. The minimum Gasteiger partial charge on any atom is -0.379 e. The van der Waals surface area contributed by atoms with Crippen LogP contribution in [0.1, 0.15) is 16.7 Å². The molecule has 0 heterocycles. The van der Waals surface area contributed by atoms with Crippen LogP contribution in [0, 0.1) is 18.3 Å². The minimum absolute atomic E-state index is 0.692. The molecule has 0 aliphatic heterocycles. The fourth-order valence-corrected chi connectivity index (χ4v) is 4.40. The van der Waals surface area contributed by atoms with Gasteiger partial charge in [0.15, 0.2) is 0 Å². The summed E-state index contributed by atoms with van der Waals surface area (Å²) in [6.45, 7) is 2.72. The molecule has 0 saturated carbocycles. The number of nitrogens with zero attached hydrogens (tertiary/aromatic N) is 1. The molecule has 0 bridgehead atoms. The van der Waals surface area contributed by atoms with Crippen molar-refractivity contribution in [3.05, 3.63) is 60.4 Å². The lowest BCUT2D eigenvalue weighted by atomic mass is 10.1. The van der Waals surface area contributed by atoms with Crippen LogP contribution < -0.4 is 5.32 Å². The molecule has 0 atom stereocenters. The van der Waals surface area contributed by atoms with Crippen molar-refractivity contribution in [2.45, 2.75) is 13.5 Å². The first-order valence-electron chi connectivity index (χ1n) is 5.89. The lowest BCUT2D eigenvalue weighted by molar-refractivity contribution is 1.11. The first-order valence-corrected chi connectivity index (χ1v) is 8.27. The second-order valence-corrected chi connectivity index (χ2v) is 6.98.